The first kappa shape index (κ1) is 22.4. The Balaban J connectivity index is 1.67. The number of aromatic nitrogens is 3. The van der Waals surface area contributed by atoms with Crippen molar-refractivity contribution in [3.05, 3.63) is 30.2 Å². The van der Waals surface area contributed by atoms with Gasteiger partial charge >= 0.3 is 6.09 Å². The summed E-state index contributed by atoms with van der Waals surface area (Å²) in [6.07, 6.45) is 4.07. The first-order valence-electron chi connectivity index (χ1n) is 10.2. The second kappa shape index (κ2) is 11.2. The standard InChI is InChI=1S/C20H33N7O2/c1-5-21-18(23-13-9-14-24-19(28)29-20(2,3)4)22-12-8-11-17-26-25-16-10-6-7-15-27(16)17/h6-7,10,15H,5,8-9,11-14H2,1-4H3,(H,24,28)(H2,21,22,23). The number of guanidine groups is 1. The molecule has 0 aromatic carbocycles. The van der Waals surface area contributed by atoms with E-state index in [1.54, 1.807) is 0 Å². The number of carbonyl (C=O) groups is 1. The van der Waals surface area contributed by atoms with Gasteiger partial charge in [0, 0.05) is 38.8 Å². The molecule has 9 heteroatoms. The first-order valence-corrected chi connectivity index (χ1v) is 10.2. The third kappa shape index (κ3) is 8.37. The van der Waals surface area contributed by atoms with Gasteiger partial charge < -0.3 is 20.7 Å². The van der Waals surface area contributed by atoms with Crippen LogP contribution in [0.5, 0.6) is 0 Å². The third-order valence-electron chi connectivity index (χ3n) is 3.87. The number of carbonyl (C=O) groups excluding carboxylic acids is 1. The summed E-state index contributed by atoms with van der Waals surface area (Å²) < 4.78 is 7.22. The van der Waals surface area contributed by atoms with Crippen molar-refractivity contribution < 1.29 is 9.53 Å². The number of nitrogens with zero attached hydrogens (tertiary/aromatic N) is 4. The maximum Gasteiger partial charge on any atom is 0.407 e. The minimum absolute atomic E-state index is 0.396. The predicted molar refractivity (Wildman–Crippen MR) is 114 cm³/mol. The lowest BCUT2D eigenvalue weighted by Crippen LogP contribution is -2.38. The van der Waals surface area contributed by atoms with E-state index in [0.29, 0.717) is 13.1 Å². The van der Waals surface area contributed by atoms with Crippen LogP contribution in [0.3, 0.4) is 0 Å². The molecule has 0 atom stereocenters. The Labute approximate surface area is 172 Å². The molecule has 0 aliphatic heterocycles. The molecule has 1 amide bonds. The number of fused-ring (bicyclic) bond motifs is 1. The minimum atomic E-state index is -0.483. The van der Waals surface area contributed by atoms with Crippen LogP contribution in [0.25, 0.3) is 5.65 Å². The van der Waals surface area contributed by atoms with E-state index >= 15 is 0 Å². The second-order valence-corrected chi connectivity index (χ2v) is 7.62. The summed E-state index contributed by atoms with van der Waals surface area (Å²) in [4.78, 5) is 16.1. The number of pyridine rings is 1. The largest absolute Gasteiger partial charge is 0.444 e. The molecule has 160 valence electrons. The summed E-state index contributed by atoms with van der Waals surface area (Å²) in [5.74, 6) is 1.73. The predicted octanol–water partition coefficient (Wildman–Crippen LogP) is 2.13. The fraction of sp³-hybridized carbons (Fsp3) is 0.600. The number of aryl methyl sites for hydroxylation is 1. The fourth-order valence-electron chi connectivity index (χ4n) is 2.63. The molecule has 2 aromatic heterocycles. The van der Waals surface area contributed by atoms with Crippen LogP contribution >= 0.6 is 0 Å². The lowest BCUT2D eigenvalue weighted by molar-refractivity contribution is 0.0527. The van der Waals surface area contributed by atoms with Gasteiger partial charge in [0.2, 0.25) is 0 Å². The van der Waals surface area contributed by atoms with Gasteiger partial charge in [0.05, 0.1) is 0 Å². The van der Waals surface area contributed by atoms with Crippen LogP contribution in [0.4, 0.5) is 4.79 Å². The van der Waals surface area contributed by atoms with Gasteiger partial charge in [0.1, 0.15) is 11.4 Å². The Hall–Kier alpha value is -2.84. The molecule has 0 bridgehead atoms. The number of aliphatic imine (C=N–C) groups is 1. The van der Waals surface area contributed by atoms with Crippen LogP contribution in [0.1, 0.15) is 46.4 Å². The molecule has 0 spiro atoms. The number of alkyl carbamates (subject to hydrolysis) is 1. The fourth-order valence-corrected chi connectivity index (χ4v) is 2.63. The van der Waals surface area contributed by atoms with E-state index in [0.717, 1.165) is 49.8 Å². The molecule has 0 aliphatic rings. The number of hydrogen-bond donors (Lipinski definition) is 3. The zero-order valence-corrected chi connectivity index (χ0v) is 17.9. The average Bonchev–Trinajstić information content (AvgIpc) is 3.06. The van der Waals surface area contributed by atoms with Crippen LogP contribution in [0.2, 0.25) is 0 Å². The molecule has 29 heavy (non-hydrogen) atoms. The Morgan fingerprint density at radius 2 is 1.93 bits per heavy atom. The molecule has 2 aromatic rings. The van der Waals surface area contributed by atoms with Crippen molar-refractivity contribution in [2.45, 2.75) is 52.6 Å². The highest BCUT2D eigenvalue weighted by atomic mass is 16.6. The quantitative estimate of drug-likeness (QED) is 0.337. The topological polar surface area (TPSA) is 105 Å². The van der Waals surface area contributed by atoms with E-state index < -0.39 is 11.7 Å². The Morgan fingerprint density at radius 1 is 1.14 bits per heavy atom. The molecule has 0 fully saturated rings. The number of ether oxygens (including phenoxy) is 1. The van der Waals surface area contributed by atoms with Gasteiger partial charge in [-0.25, -0.2) is 4.79 Å². The minimum Gasteiger partial charge on any atom is -0.444 e. The van der Waals surface area contributed by atoms with Crippen molar-refractivity contribution in [3.63, 3.8) is 0 Å². The van der Waals surface area contributed by atoms with Crippen LogP contribution in [-0.4, -0.2) is 58.4 Å². The van der Waals surface area contributed by atoms with Crippen molar-refractivity contribution in [2.75, 3.05) is 26.2 Å². The van der Waals surface area contributed by atoms with Gasteiger partial charge in [-0.2, -0.15) is 0 Å². The van der Waals surface area contributed by atoms with E-state index in [1.807, 2.05) is 56.5 Å². The maximum atomic E-state index is 11.6. The van der Waals surface area contributed by atoms with Gasteiger partial charge in [0.25, 0.3) is 0 Å². The van der Waals surface area contributed by atoms with Crippen LogP contribution in [-0.2, 0) is 11.2 Å². The summed E-state index contributed by atoms with van der Waals surface area (Å²) in [6, 6.07) is 5.88. The van der Waals surface area contributed by atoms with E-state index in [9.17, 15) is 4.79 Å². The highest BCUT2D eigenvalue weighted by Gasteiger charge is 2.15. The Kier molecular flexibility index (Phi) is 8.69. The van der Waals surface area contributed by atoms with Gasteiger partial charge in [-0.15, -0.1) is 10.2 Å². The highest BCUT2D eigenvalue weighted by molar-refractivity contribution is 5.79. The number of rotatable bonds is 9. The van der Waals surface area contributed by atoms with Crippen LogP contribution in [0.15, 0.2) is 29.4 Å². The van der Waals surface area contributed by atoms with Gasteiger partial charge in [-0.1, -0.05) is 6.07 Å². The number of nitrogens with one attached hydrogen (secondary N) is 3. The maximum absolute atomic E-state index is 11.6. The molecular weight excluding hydrogens is 370 g/mol. The lowest BCUT2D eigenvalue weighted by Gasteiger charge is -2.19. The smallest absolute Gasteiger partial charge is 0.407 e. The van der Waals surface area contributed by atoms with Crippen molar-refractivity contribution in [1.82, 2.24) is 30.5 Å². The summed E-state index contributed by atoms with van der Waals surface area (Å²) in [7, 11) is 0. The summed E-state index contributed by atoms with van der Waals surface area (Å²) in [5.41, 5.74) is 0.383. The molecule has 2 rings (SSSR count). The molecule has 0 aliphatic carbocycles. The van der Waals surface area contributed by atoms with Crippen LogP contribution in [0, 0.1) is 0 Å². The Morgan fingerprint density at radius 3 is 2.69 bits per heavy atom. The van der Waals surface area contributed by atoms with Crippen molar-refractivity contribution >= 4 is 17.7 Å². The molecule has 0 saturated carbocycles. The van der Waals surface area contributed by atoms with Crippen molar-refractivity contribution in [1.29, 1.82) is 0 Å². The summed E-state index contributed by atoms with van der Waals surface area (Å²) >= 11 is 0. The third-order valence-corrected chi connectivity index (χ3v) is 3.87. The molecular formula is C20H33N7O2. The van der Waals surface area contributed by atoms with Crippen LogP contribution < -0.4 is 16.0 Å². The van der Waals surface area contributed by atoms with E-state index in [-0.39, 0.29) is 0 Å². The molecule has 3 N–H and O–H groups in total. The van der Waals surface area contributed by atoms with E-state index in [2.05, 4.69) is 31.1 Å². The second-order valence-electron chi connectivity index (χ2n) is 7.62. The zero-order valence-electron chi connectivity index (χ0n) is 17.9. The van der Waals surface area contributed by atoms with E-state index in [1.165, 1.54) is 0 Å². The molecule has 0 saturated heterocycles. The number of hydrogen-bond acceptors (Lipinski definition) is 5. The van der Waals surface area contributed by atoms with Gasteiger partial charge in [-0.3, -0.25) is 9.39 Å². The Bertz CT molecular complexity index is 795. The monoisotopic (exact) mass is 403 g/mol. The summed E-state index contributed by atoms with van der Waals surface area (Å²) in [6.45, 7) is 10.3. The molecule has 9 nitrogen and oxygen atoms in total. The zero-order chi connectivity index (χ0) is 21.1. The molecule has 2 heterocycles. The van der Waals surface area contributed by atoms with Crippen molar-refractivity contribution in [2.24, 2.45) is 4.99 Å². The van der Waals surface area contributed by atoms with E-state index in [4.69, 9.17) is 4.74 Å². The van der Waals surface area contributed by atoms with Gasteiger partial charge in [-0.05, 0) is 52.7 Å². The lowest BCUT2D eigenvalue weighted by atomic mass is 10.2. The molecule has 0 radical (unpaired) electrons. The molecule has 0 unspecified atom stereocenters. The van der Waals surface area contributed by atoms with Crippen molar-refractivity contribution in [3.8, 4) is 0 Å². The highest BCUT2D eigenvalue weighted by Crippen LogP contribution is 2.06. The first-order chi connectivity index (χ1) is 13.9. The summed E-state index contributed by atoms with van der Waals surface area (Å²) in [5, 5.41) is 17.7. The SMILES string of the molecule is CCNC(=NCCCNC(=O)OC(C)(C)C)NCCCc1nnc2ccccn12. The normalized spacial score (nSPS) is 12.1. The van der Waals surface area contributed by atoms with Gasteiger partial charge in [0.15, 0.2) is 11.6 Å². The number of amides is 1. The average molecular weight is 404 g/mol.